The Balaban J connectivity index is 0.000000796. The van der Waals surface area contributed by atoms with Gasteiger partial charge < -0.3 is 4.74 Å². The number of rotatable bonds is 3. The number of hydrogen-bond acceptors (Lipinski definition) is 3. The maximum atomic E-state index is 11.7. The zero-order valence-corrected chi connectivity index (χ0v) is 15.2. The van der Waals surface area contributed by atoms with Crippen molar-refractivity contribution in [1.29, 1.82) is 0 Å². The van der Waals surface area contributed by atoms with Gasteiger partial charge in [-0.1, -0.05) is 27.7 Å². The van der Waals surface area contributed by atoms with Crippen LogP contribution in [-0.2, 0) is 13.8 Å². The smallest absolute Gasteiger partial charge is 0.199 e. The van der Waals surface area contributed by atoms with E-state index in [1.54, 1.807) is 13.3 Å². The quantitative estimate of drug-likeness (QED) is 0.564. The molecule has 1 aliphatic rings. The fourth-order valence-electron chi connectivity index (χ4n) is 2.32. The van der Waals surface area contributed by atoms with Crippen LogP contribution in [0.5, 0.6) is 0 Å². The van der Waals surface area contributed by atoms with Gasteiger partial charge in [-0.25, -0.2) is 0 Å². The summed E-state index contributed by atoms with van der Waals surface area (Å²) < 4.78 is 23.2. The second-order valence-electron chi connectivity index (χ2n) is 5.89. The van der Waals surface area contributed by atoms with E-state index < -0.39 is 7.37 Å². The van der Waals surface area contributed by atoms with E-state index in [4.69, 9.17) is 9.26 Å². The molecule has 20 heavy (non-hydrogen) atoms. The largest absolute Gasteiger partial charge is 0.348 e. The summed E-state index contributed by atoms with van der Waals surface area (Å²) in [4.78, 5) is 0. The topological polar surface area (TPSA) is 35.5 Å². The van der Waals surface area contributed by atoms with Crippen molar-refractivity contribution in [3.05, 3.63) is 0 Å². The Morgan fingerprint density at radius 3 is 1.90 bits per heavy atom. The fourth-order valence-corrected chi connectivity index (χ4v) is 3.07. The first-order valence-corrected chi connectivity index (χ1v) is 9.92. The molecule has 0 N–H and O–H groups in total. The van der Waals surface area contributed by atoms with E-state index in [-0.39, 0.29) is 12.4 Å². The van der Waals surface area contributed by atoms with Crippen molar-refractivity contribution in [2.24, 2.45) is 17.8 Å². The highest BCUT2D eigenvalue weighted by atomic mass is 31.2. The molecule has 0 saturated carbocycles. The first kappa shape index (κ1) is 19.7. The minimum Gasteiger partial charge on any atom is -0.348 e. The summed E-state index contributed by atoms with van der Waals surface area (Å²) in [5.41, 5.74) is 0. The highest BCUT2D eigenvalue weighted by Gasteiger charge is 2.40. The normalized spacial score (nSPS) is 33.5. The van der Waals surface area contributed by atoms with Gasteiger partial charge in [0.1, 0.15) is 0 Å². The third kappa shape index (κ3) is 6.44. The van der Waals surface area contributed by atoms with Gasteiger partial charge in [0.2, 0.25) is 0 Å². The van der Waals surface area contributed by atoms with E-state index in [0.717, 1.165) is 6.42 Å². The molecule has 0 aromatic heterocycles. The molecular weight excluding hydrogens is 271 g/mol. The molecule has 0 aromatic rings. The van der Waals surface area contributed by atoms with Crippen molar-refractivity contribution in [3.8, 4) is 11.8 Å². The summed E-state index contributed by atoms with van der Waals surface area (Å²) in [6, 6.07) is 0. The highest BCUT2D eigenvalue weighted by molar-refractivity contribution is 7.57. The van der Waals surface area contributed by atoms with Crippen molar-refractivity contribution >= 4 is 7.37 Å². The van der Waals surface area contributed by atoms with E-state index >= 15 is 0 Å². The van der Waals surface area contributed by atoms with E-state index in [0.29, 0.717) is 17.8 Å². The van der Waals surface area contributed by atoms with Gasteiger partial charge in [0, 0.05) is 19.2 Å². The second kappa shape index (κ2) is 8.88. The van der Waals surface area contributed by atoms with Crippen molar-refractivity contribution in [2.75, 3.05) is 13.3 Å². The Labute approximate surface area is 125 Å². The lowest BCUT2D eigenvalue weighted by molar-refractivity contribution is -0.210. The maximum Gasteiger partial charge on any atom is 0.199 e. The van der Waals surface area contributed by atoms with Gasteiger partial charge in [-0.2, -0.15) is 0 Å². The Hall–Kier alpha value is -0.290. The van der Waals surface area contributed by atoms with Crippen LogP contribution in [0, 0.1) is 29.6 Å². The van der Waals surface area contributed by atoms with Crippen LogP contribution >= 0.6 is 7.37 Å². The van der Waals surface area contributed by atoms with Crippen molar-refractivity contribution in [2.45, 2.75) is 60.4 Å². The SMILES string of the molecule is CC#CC.CCC1OC(OP(C)(C)=O)C(C)C(C)C1C. The van der Waals surface area contributed by atoms with Gasteiger partial charge in [-0.05, 0) is 32.1 Å². The van der Waals surface area contributed by atoms with Gasteiger partial charge in [0.15, 0.2) is 13.7 Å². The Bertz CT molecular complexity index is 369. The van der Waals surface area contributed by atoms with Crippen LogP contribution in [0.1, 0.15) is 48.0 Å². The molecule has 1 fully saturated rings. The molecule has 5 atom stereocenters. The van der Waals surface area contributed by atoms with Crippen molar-refractivity contribution < 1.29 is 13.8 Å². The summed E-state index contributed by atoms with van der Waals surface area (Å²) in [7, 11) is -2.48. The van der Waals surface area contributed by atoms with Gasteiger partial charge in [-0.15, -0.1) is 11.8 Å². The lowest BCUT2D eigenvalue weighted by atomic mass is 9.78. The zero-order chi connectivity index (χ0) is 15.9. The molecule has 0 spiro atoms. The van der Waals surface area contributed by atoms with Crippen LogP contribution in [-0.4, -0.2) is 25.7 Å². The van der Waals surface area contributed by atoms with Crippen LogP contribution in [0.2, 0.25) is 0 Å². The minimum absolute atomic E-state index is 0.225. The third-order valence-corrected chi connectivity index (χ3v) is 4.71. The molecule has 0 radical (unpaired) electrons. The predicted octanol–water partition coefficient (Wildman–Crippen LogP) is 4.61. The molecule has 1 aliphatic heterocycles. The summed E-state index contributed by atoms with van der Waals surface area (Å²) >= 11 is 0. The second-order valence-corrected chi connectivity index (χ2v) is 8.60. The van der Waals surface area contributed by atoms with Crippen LogP contribution in [0.15, 0.2) is 0 Å². The summed E-state index contributed by atoms with van der Waals surface area (Å²) in [5.74, 6) is 6.73. The molecule has 0 aliphatic carbocycles. The van der Waals surface area contributed by atoms with E-state index in [9.17, 15) is 4.57 Å². The molecule has 1 rings (SSSR count). The molecular formula is C16H31O3P. The molecule has 4 heteroatoms. The summed E-state index contributed by atoms with van der Waals surface area (Å²) in [6.45, 7) is 15.6. The highest BCUT2D eigenvalue weighted by Crippen LogP contribution is 2.45. The van der Waals surface area contributed by atoms with Gasteiger partial charge in [-0.3, -0.25) is 9.09 Å². The molecule has 1 heterocycles. The van der Waals surface area contributed by atoms with Gasteiger partial charge >= 0.3 is 0 Å². The van der Waals surface area contributed by atoms with Crippen LogP contribution < -0.4 is 0 Å². The summed E-state index contributed by atoms with van der Waals surface area (Å²) in [6.07, 6.45) is 0.898. The first-order chi connectivity index (χ1) is 9.17. The van der Waals surface area contributed by atoms with E-state index in [1.807, 2.05) is 13.8 Å². The van der Waals surface area contributed by atoms with Gasteiger partial charge in [0.25, 0.3) is 0 Å². The number of ether oxygens (including phenoxy) is 1. The zero-order valence-electron chi connectivity index (χ0n) is 14.3. The molecule has 0 bridgehead atoms. The van der Waals surface area contributed by atoms with Gasteiger partial charge in [0.05, 0.1) is 6.10 Å². The minimum atomic E-state index is -2.48. The molecule has 0 aromatic carbocycles. The molecule has 3 nitrogen and oxygen atoms in total. The standard InChI is InChI=1S/C12H25O3P.C4H6/c1-7-11-9(3)8(2)10(4)12(14-11)15-16(5,6)13;1-3-4-2/h8-12H,7H2,1-6H3;1-2H3. The lowest BCUT2D eigenvalue weighted by Crippen LogP contribution is -2.45. The average molecular weight is 302 g/mol. The molecule has 118 valence electrons. The first-order valence-electron chi connectivity index (χ1n) is 7.40. The van der Waals surface area contributed by atoms with Crippen LogP contribution in [0.3, 0.4) is 0 Å². The van der Waals surface area contributed by atoms with Crippen LogP contribution in [0.25, 0.3) is 0 Å². The molecule has 1 saturated heterocycles. The number of hydrogen-bond donors (Lipinski definition) is 0. The monoisotopic (exact) mass is 302 g/mol. The van der Waals surface area contributed by atoms with Crippen molar-refractivity contribution in [1.82, 2.24) is 0 Å². The average Bonchev–Trinajstić information content (AvgIpc) is 2.38. The lowest BCUT2D eigenvalue weighted by Gasteiger charge is -2.43. The van der Waals surface area contributed by atoms with E-state index in [2.05, 4.69) is 39.5 Å². The summed E-state index contributed by atoms with van der Waals surface area (Å²) in [5, 5.41) is 0. The Morgan fingerprint density at radius 1 is 1.05 bits per heavy atom. The Morgan fingerprint density at radius 2 is 1.55 bits per heavy atom. The van der Waals surface area contributed by atoms with Crippen LogP contribution in [0.4, 0.5) is 0 Å². The predicted molar refractivity (Wildman–Crippen MR) is 86.1 cm³/mol. The van der Waals surface area contributed by atoms with Crippen molar-refractivity contribution in [3.63, 3.8) is 0 Å². The Kier molecular flexibility index (Phi) is 8.75. The molecule has 0 amide bonds. The van der Waals surface area contributed by atoms with E-state index in [1.165, 1.54) is 0 Å². The maximum absolute atomic E-state index is 11.7. The fraction of sp³-hybridized carbons (Fsp3) is 0.875. The molecule has 5 unspecified atom stereocenters. The third-order valence-electron chi connectivity index (χ3n) is 3.99.